The van der Waals surface area contributed by atoms with Gasteiger partial charge in [-0.25, -0.2) is 0 Å². The number of fused-ring (bicyclic) bond motifs is 4. The zero-order valence-electron chi connectivity index (χ0n) is 16.1. The molecule has 148 valence electrons. The van der Waals surface area contributed by atoms with Crippen LogP contribution in [0.15, 0.2) is 48.5 Å². The van der Waals surface area contributed by atoms with Gasteiger partial charge in [-0.3, -0.25) is 24.6 Å². The van der Waals surface area contributed by atoms with Crippen molar-refractivity contribution in [3.8, 4) is 5.75 Å². The van der Waals surface area contributed by atoms with Crippen LogP contribution in [0.5, 0.6) is 5.75 Å². The topological polar surface area (TPSA) is 87.7 Å². The van der Waals surface area contributed by atoms with Crippen molar-refractivity contribution in [3.63, 3.8) is 0 Å². The minimum atomic E-state index is -1.21. The van der Waals surface area contributed by atoms with Gasteiger partial charge in [0.05, 0.1) is 25.5 Å². The SMILES string of the molecule is COc1ccc(CN2C(=O)[C@@H]3[C@H](C)N[C@]4(C(=O)Nc5ccccc54)[C@@H]3C2=O)cc1. The van der Waals surface area contributed by atoms with Crippen LogP contribution in [-0.2, 0) is 26.5 Å². The third-order valence-electron chi connectivity index (χ3n) is 6.36. The molecule has 4 atom stereocenters. The van der Waals surface area contributed by atoms with E-state index in [4.69, 9.17) is 4.74 Å². The quantitative estimate of drug-likeness (QED) is 0.777. The number of likely N-dealkylation sites (tertiary alicyclic amines) is 1. The molecule has 5 rings (SSSR count). The zero-order chi connectivity index (χ0) is 20.3. The molecular weight excluding hydrogens is 370 g/mol. The molecule has 2 N–H and O–H groups in total. The fourth-order valence-corrected chi connectivity index (χ4v) is 5.05. The van der Waals surface area contributed by atoms with Gasteiger partial charge in [0, 0.05) is 17.3 Å². The Morgan fingerprint density at radius 1 is 1.03 bits per heavy atom. The molecule has 0 saturated carbocycles. The van der Waals surface area contributed by atoms with E-state index in [2.05, 4.69) is 10.6 Å². The van der Waals surface area contributed by atoms with Crippen LogP contribution in [0.4, 0.5) is 5.69 Å². The lowest BCUT2D eigenvalue weighted by atomic mass is 9.76. The second-order valence-electron chi connectivity index (χ2n) is 7.85. The number of carbonyl (C=O) groups excluding carboxylic acids is 3. The van der Waals surface area contributed by atoms with E-state index in [0.29, 0.717) is 11.4 Å². The van der Waals surface area contributed by atoms with E-state index in [1.165, 1.54) is 4.90 Å². The van der Waals surface area contributed by atoms with Gasteiger partial charge in [-0.05, 0) is 30.7 Å². The average molecular weight is 391 g/mol. The van der Waals surface area contributed by atoms with Crippen molar-refractivity contribution in [2.45, 2.75) is 25.0 Å². The number of imide groups is 1. The molecule has 0 aromatic heterocycles. The molecule has 2 aromatic rings. The van der Waals surface area contributed by atoms with Crippen molar-refractivity contribution in [3.05, 3.63) is 59.7 Å². The van der Waals surface area contributed by atoms with Crippen molar-refractivity contribution < 1.29 is 19.1 Å². The second kappa shape index (κ2) is 6.15. The van der Waals surface area contributed by atoms with E-state index < -0.39 is 17.4 Å². The van der Waals surface area contributed by atoms with Crippen molar-refractivity contribution >= 4 is 23.4 Å². The maximum absolute atomic E-state index is 13.4. The minimum absolute atomic E-state index is 0.181. The number of nitrogens with zero attached hydrogens (tertiary/aromatic N) is 1. The van der Waals surface area contributed by atoms with Gasteiger partial charge in [0.15, 0.2) is 0 Å². The van der Waals surface area contributed by atoms with Crippen LogP contribution in [0.3, 0.4) is 0 Å². The van der Waals surface area contributed by atoms with Crippen molar-refractivity contribution in [1.29, 1.82) is 0 Å². The predicted molar refractivity (Wildman–Crippen MR) is 105 cm³/mol. The number of hydrogen-bond acceptors (Lipinski definition) is 5. The van der Waals surface area contributed by atoms with Crippen LogP contribution < -0.4 is 15.4 Å². The molecule has 1 spiro atoms. The van der Waals surface area contributed by atoms with E-state index in [-0.39, 0.29) is 30.3 Å². The van der Waals surface area contributed by atoms with Crippen LogP contribution in [-0.4, -0.2) is 35.8 Å². The van der Waals surface area contributed by atoms with Crippen molar-refractivity contribution in [2.75, 3.05) is 12.4 Å². The van der Waals surface area contributed by atoms with Crippen LogP contribution in [0.2, 0.25) is 0 Å². The highest BCUT2D eigenvalue weighted by atomic mass is 16.5. The summed E-state index contributed by atoms with van der Waals surface area (Å²) in [5.41, 5.74) is 1.05. The molecule has 7 heteroatoms. The first-order valence-corrected chi connectivity index (χ1v) is 9.64. The van der Waals surface area contributed by atoms with Gasteiger partial charge >= 0.3 is 0 Å². The van der Waals surface area contributed by atoms with Gasteiger partial charge in [-0.2, -0.15) is 0 Å². The molecule has 7 nitrogen and oxygen atoms in total. The average Bonchev–Trinajstić information content (AvgIpc) is 3.28. The minimum Gasteiger partial charge on any atom is -0.497 e. The molecule has 29 heavy (non-hydrogen) atoms. The Morgan fingerprint density at radius 3 is 2.48 bits per heavy atom. The Bertz CT molecular complexity index is 1030. The molecule has 3 aliphatic rings. The zero-order valence-corrected chi connectivity index (χ0v) is 16.1. The molecular formula is C22H21N3O4. The third kappa shape index (κ3) is 2.31. The Balaban J connectivity index is 1.53. The fraction of sp³-hybridized carbons (Fsp3) is 0.318. The monoisotopic (exact) mass is 391 g/mol. The predicted octanol–water partition coefficient (Wildman–Crippen LogP) is 1.64. The van der Waals surface area contributed by atoms with Gasteiger partial charge < -0.3 is 10.1 Å². The summed E-state index contributed by atoms with van der Waals surface area (Å²) in [5, 5.41) is 6.18. The summed E-state index contributed by atoms with van der Waals surface area (Å²) in [6, 6.07) is 14.3. The third-order valence-corrected chi connectivity index (χ3v) is 6.36. The molecule has 0 radical (unpaired) electrons. The maximum atomic E-state index is 13.4. The fourth-order valence-electron chi connectivity index (χ4n) is 5.05. The van der Waals surface area contributed by atoms with E-state index in [0.717, 1.165) is 11.1 Å². The number of para-hydroxylation sites is 1. The van der Waals surface area contributed by atoms with Gasteiger partial charge in [0.25, 0.3) is 0 Å². The summed E-state index contributed by atoms with van der Waals surface area (Å²) in [6.07, 6.45) is 0. The Kier molecular flexibility index (Phi) is 3.79. The summed E-state index contributed by atoms with van der Waals surface area (Å²) < 4.78 is 5.16. The maximum Gasteiger partial charge on any atom is 0.250 e. The number of methoxy groups -OCH3 is 1. The Hall–Kier alpha value is -3.19. The highest BCUT2D eigenvalue weighted by Gasteiger charge is 2.69. The number of anilines is 1. The lowest BCUT2D eigenvalue weighted by Crippen LogP contribution is -2.52. The molecule has 0 aliphatic carbocycles. The summed E-state index contributed by atoms with van der Waals surface area (Å²) in [6.45, 7) is 2.05. The van der Waals surface area contributed by atoms with Gasteiger partial charge in [-0.1, -0.05) is 30.3 Å². The number of benzene rings is 2. The van der Waals surface area contributed by atoms with Gasteiger partial charge in [0.1, 0.15) is 11.3 Å². The Morgan fingerprint density at radius 2 is 1.76 bits per heavy atom. The first kappa shape index (κ1) is 17.9. The second-order valence-corrected chi connectivity index (χ2v) is 7.85. The van der Waals surface area contributed by atoms with Crippen molar-refractivity contribution in [1.82, 2.24) is 10.2 Å². The highest BCUT2D eigenvalue weighted by Crippen LogP contribution is 2.52. The van der Waals surface area contributed by atoms with Crippen molar-refractivity contribution in [2.24, 2.45) is 11.8 Å². The number of amides is 3. The number of nitrogens with one attached hydrogen (secondary N) is 2. The molecule has 2 saturated heterocycles. The largest absolute Gasteiger partial charge is 0.497 e. The lowest BCUT2D eigenvalue weighted by Gasteiger charge is -2.29. The summed E-state index contributed by atoms with van der Waals surface area (Å²) in [7, 11) is 1.59. The van der Waals surface area contributed by atoms with Crippen LogP contribution in [0, 0.1) is 11.8 Å². The summed E-state index contributed by atoms with van der Waals surface area (Å²) in [4.78, 5) is 41.0. The smallest absolute Gasteiger partial charge is 0.250 e. The number of hydrogen-bond donors (Lipinski definition) is 2. The van der Waals surface area contributed by atoms with E-state index in [1.807, 2.05) is 43.3 Å². The first-order valence-electron chi connectivity index (χ1n) is 9.64. The lowest BCUT2D eigenvalue weighted by molar-refractivity contribution is -0.143. The standard InChI is InChI=1S/C22H21N3O4/c1-12-17-18(22(24-12)15-5-3-4-6-16(15)23-21(22)28)20(27)25(19(17)26)11-13-7-9-14(29-2)10-8-13/h3-10,12,17-18,24H,11H2,1-2H3,(H,23,28)/t12-,17+,18-,22-/m0/s1. The van der Waals surface area contributed by atoms with Gasteiger partial charge in [0.2, 0.25) is 17.7 Å². The van der Waals surface area contributed by atoms with Crippen LogP contribution in [0.1, 0.15) is 18.1 Å². The van der Waals surface area contributed by atoms with E-state index >= 15 is 0 Å². The first-order chi connectivity index (χ1) is 14.0. The normalized spacial score (nSPS) is 29.9. The van der Waals surface area contributed by atoms with Crippen LogP contribution >= 0.6 is 0 Å². The Labute approximate surface area is 168 Å². The number of ether oxygens (including phenoxy) is 1. The number of carbonyl (C=O) groups is 3. The van der Waals surface area contributed by atoms with Crippen LogP contribution in [0.25, 0.3) is 0 Å². The van der Waals surface area contributed by atoms with Gasteiger partial charge in [-0.15, -0.1) is 0 Å². The number of rotatable bonds is 3. The molecule has 3 amide bonds. The molecule has 0 bridgehead atoms. The molecule has 2 aromatic carbocycles. The summed E-state index contributed by atoms with van der Waals surface area (Å²) >= 11 is 0. The summed E-state index contributed by atoms with van der Waals surface area (Å²) in [5.74, 6) is -1.43. The molecule has 2 fully saturated rings. The molecule has 3 heterocycles. The molecule has 0 unspecified atom stereocenters. The van der Waals surface area contributed by atoms with E-state index in [1.54, 1.807) is 19.2 Å². The van der Waals surface area contributed by atoms with E-state index in [9.17, 15) is 14.4 Å². The highest BCUT2D eigenvalue weighted by molar-refractivity contribution is 6.15. The molecule has 3 aliphatic heterocycles.